The van der Waals surface area contributed by atoms with Crippen molar-refractivity contribution in [3.05, 3.63) is 0 Å². The van der Waals surface area contributed by atoms with Gasteiger partial charge in [-0.15, -0.1) is 0 Å². The molecule has 0 spiro atoms. The van der Waals surface area contributed by atoms with E-state index in [1.807, 2.05) is 13.8 Å². The average Bonchev–Trinajstić information content (AvgIpc) is 1.99. The summed E-state index contributed by atoms with van der Waals surface area (Å²) in [4.78, 5) is 10.7. The molecule has 10 heavy (non-hydrogen) atoms. The number of rotatable bonds is 4. The summed E-state index contributed by atoms with van der Waals surface area (Å²) in [5, 5.41) is 0.295. The summed E-state index contributed by atoms with van der Waals surface area (Å²) in [6, 6.07) is 0. The summed E-state index contributed by atoms with van der Waals surface area (Å²) >= 11 is 3.03. The first kappa shape index (κ1) is 9.95. The summed E-state index contributed by atoms with van der Waals surface area (Å²) in [5.41, 5.74) is 0. The van der Waals surface area contributed by atoms with Crippen LogP contribution in [0.2, 0.25) is 0 Å². The highest BCUT2D eigenvalue weighted by Gasteiger charge is 2.07. The van der Waals surface area contributed by atoms with Crippen molar-refractivity contribution in [2.45, 2.75) is 32.8 Å². The Kier molecular flexibility index (Phi) is 5.69. The molecule has 0 aromatic carbocycles. The van der Waals surface area contributed by atoms with Crippen LogP contribution in [0.5, 0.6) is 0 Å². The Morgan fingerprint density at radius 1 is 1.50 bits per heavy atom. The largest absolute Gasteiger partial charge is 0.462 e. The molecule has 3 heteroatoms. The highest BCUT2D eigenvalue weighted by molar-refractivity contribution is 9.09. The fraction of sp³-hybridized carbons (Fsp3) is 0.857. The summed E-state index contributed by atoms with van der Waals surface area (Å²) in [6.07, 6.45) is 1.90. The third-order valence-electron chi connectivity index (χ3n) is 1.32. The van der Waals surface area contributed by atoms with Crippen LogP contribution in [-0.2, 0) is 9.53 Å². The van der Waals surface area contributed by atoms with Crippen LogP contribution in [-0.4, -0.2) is 17.4 Å². The Hall–Kier alpha value is -0.0500. The molecule has 0 saturated carbocycles. The fourth-order valence-corrected chi connectivity index (χ4v) is 0.805. The number of esters is 1. The van der Waals surface area contributed by atoms with E-state index in [-0.39, 0.29) is 12.1 Å². The summed E-state index contributed by atoms with van der Waals surface area (Å²) in [7, 11) is 0. The topological polar surface area (TPSA) is 26.3 Å². The van der Waals surface area contributed by atoms with Gasteiger partial charge in [-0.05, 0) is 12.8 Å². The lowest BCUT2D eigenvalue weighted by Gasteiger charge is -2.12. The molecule has 0 fully saturated rings. The van der Waals surface area contributed by atoms with Gasteiger partial charge in [0.15, 0.2) is 0 Å². The van der Waals surface area contributed by atoms with Gasteiger partial charge in [0.1, 0.15) is 11.4 Å². The molecule has 0 aliphatic heterocycles. The molecule has 0 rings (SSSR count). The van der Waals surface area contributed by atoms with E-state index >= 15 is 0 Å². The smallest absolute Gasteiger partial charge is 0.316 e. The predicted octanol–water partition coefficient (Wildman–Crippen LogP) is 2.11. The maximum atomic E-state index is 10.7. The van der Waals surface area contributed by atoms with E-state index in [1.165, 1.54) is 0 Å². The fourth-order valence-electron chi connectivity index (χ4n) is 0.673. The van der Waals surface area contributed by atoms with Gasteiger partial charge in [0.25, 0.3) is 0 Å². The van der Waals surface area contributed by atoms with E-state index in [2.05, 4.69) is 15.9 Å². The van der Waals surface area contributed by atoms with Gasteiger partial charge in [-0.25, -0.2) is 0 Å². The molecule has 0 saturated heterocycles. The molecular weight excluding hydrogens is 196 g/mol. The van der Waals surface area contributed by atoms with Crippen LogP contribution in [0.1, 0.15) is 26.7 Å². The predicted molar refractivity (Wildman–Crippen MR) is 44.3 cm³/mol. The number of ether oxygens (including phenoxy) is 1. The van der Waals surface area contributed by atoms with Gasteiger partial charge in [-0.1, -0.05) is 29.8 Å². The van der Waals surface area contributed by atoms with Crippen molar-refractivity contribution in [1.29, 1.82) is 0 Å². The molecule has 0 amide bonds. The standard InChI is InChI=1S/C7H13BrO2/c1-3-6(4-2)10-7(9)5-8/h6H,3-5H2,1-2H3. The Labute approximate surface area is 70.1 Å². The van der Waals surface area contributed by atoms with Gasteiger partial charge in [0, 0.05) is 0 Å². The van der Waals surface area contributed by atoms with E-state index in [0.29, 0.717) is 5.33 Å². The van der Waals surface area contributed by atoms with E-state index in [9.17, 15) is 4.79 Å². The number of hydrogen-bond donors (Lipinski definition) is 0. The van der Waals surface area contributed by atoms with Gasteiger partial charge < -0.3 is 4.74 Å². The van der Waals surface area contributed by atoms with Crippen molar-refractivity contribution in [3.63, 3.8) is 0 Å². The van der Waals surface area contributed by atoms with Crippen LogP contribution in [0.3, 0.4) is 0 Å². The van der Waals surface area contributed by atoms with Crippen LogP contribution in [0, 0.1) is 0 Å². The number of halogens is 1. The monoisotopic (exact) mass is 208 g/mol. The Morgan fingerprint density at radius 3 is 2.30 bits per heavy atom. The molecule has 0 aromatic rings. The third-order valence-corrected chi connectivity index (χ3v) is 1.78. The van der Waals surface area contributed by atoms with E-state index < -0.39 is 0 Å². The van der Waals surface area contributed by atoms with Crippen LogP contribution in [0.25, 0.3) is 0 Å². The molecule has 0 unspecified atom stereocenters. The van der Waals surface area contributed by atoms with Crippen molar-refractivity contribution < 1.29 is 9.53 Å². The van der Waals surface area contributed by atoms with Crippen LogP contribution >= 0.6 is 15.9 Å². The maximum Gasteiger partial charge on any atom is 0.316 e. The quantitative estimate of drug-likeness (QED) is 0.523. The lowest BCUT2D eigenvalue weighted by atomic mass is 10.2. The van der Waals surface area contributed by atoms with Crippen molar-refractivity contribution in [1.82, 2.24) is 0 Å². The van der Waals surface area contributed by atoms with Crippen LogP contribution in [0.15, 0.2) is 0 Å². The van der Waals surface area contributed by atoms with Crippen LogP contribution in [0.4, 0.5) is 0 Å². The van der Waals surface area contributed by atoms with Gasteiger partial charge >= 0.3 is 5.97 Å². The highest BCUT2D eigenvalue weighted by Crippen LogP contribution is 2.03. The van der Waals surface area contributed by atoms with Crippen LogP contribution < -0.4 is 0 Å². The molecule has 0 atom stereocenters. The molecule has 0 N–H and O–H groups in total. The normalized spacial score (nSPS) is 10.0. The summed E-state index contributed by atoms with van der Waals surface area (Å²) < 4.78 is 5.01. The lowest BCUT2D eigenvalue weighted by Crippen LogP contribution is -2.16. The first-order valence-corrected chi connectivity index (χ1v) is 4.62. The van der Waals surface area contributed by atoms with Crippen molar-refractivity contribution in [2.24, 2.45) is 0 Å². The minimum Gasteiger partial charge on any atom is -0.462 e. The second-order valence-corrected chi connectivity index (χ2v) is 2.62. The molecule has 2 nitrogen and oxygen atoms in total. The SMILES string of the molecule is CCC(CC)OC(=O)CBr. The molecule has 0 aromatic heterocycles. The molecule has 0 aliphatic rings. The van der Waals surface area contributed by atoms with Gasteiger partial charge in [0.05, 0.1) is 0 Å². The third kappa shape index (κ3) is 3.88. The van der Waals surface area contributed by atoms with E-state index in [1.54, 1.807) is 0 Å². The highest BCUT2D eigenvalue weighted by atomic mass is 79.9. The van der Waals surface area contributed by atoms with Crippen molar-refractivity contribution in [2.75, 3.05) is 5.33 Å². The molecular formula is C7H13BrO2. The Bertz CT molecular complexity index is 99.8. The molecule has 0 radical (unpaired) electrons. The number of carbonyl (C=O) groups excluding carboxylic acids is 1. The summed E-state index contributed by atoms with van der Waals surface area (Å²) in [5.74, 6) is -0.172. The van der Waals surface area contributed by atoms with E-state index in [4.69, 9.17) is 4.74 Å². The van der Waals surface area contributed by atoms with Crippen molar-refractivity contribution in [3.8, 4) is 0 Å². The molecule has 0 aliphatic carbocycles. The summed E-state index contributed by atoms with van der Waals surface area (Å²) in [6.45, 7) is 4.02. The first-order valence-electron chi connectivity index (χ1n) is 3.50. The zero-order valence-corrected chi connectivity index (χ0v) is 7.98. The van der Waals surface area contributed by atoms with Gasteiger partial charge in [-0.3, -0.25) is 4.79 Å². The Morgan fingerprint density at radius 2 is 2.00 bits per heavy atom. The average molecular weight is 209 g/mol. The van der Waals surface area contributed by atoms with Crippen molar-refractivity contribution >= 4 is 21.9 Å². The minimum absolute atomic E-state index is 0.102. The molecule has 0 bridgehead atoms. The first-order chi connectivity index (χ1) is 4.74. The van der Waals surface area contributed by atoms with Gasteiger partial charge in [0.2, 0.25) is 0 Å². The van der Waals surface area contributed by atoms with E-state index in [0.717, 1.165) is 12.8 Å². The number of alkyl halides is 1. The number of hydrogen-bond acceptors (Lipinski definition) is 2. The zero-order valence-electron chi connectivity index (χ0n) is 6.39. The molecule has 0 heterocycles. The second-order valence-electron chi connectivity index (χ2n) is 2.06. The lowest BCUT2D eigenvalue weighted by molar-refractivity contribution is -0.145. The maximum absolute atomic E-state index is 10.7. The zero-order chi connectivity index (χ0) is 7.98. The Balaban J connectivity index is 3.52. The number of carbonyl (C=O) groups is 1. The second kappa shape index (κ2) is 5.71. The van der Waals surface area contributed by atoms with Gasteiger partial charge in [-0.2, -0.15) is 0 Å². The molecule has 60 valence electrons. The minimum atomic E-state index is -0.172.